The summed E-state index contributed by atoms with van der Waals surface area (Å²) in [4.78, 5) is 4.17. The molecule has 2 nitrogen and oxygen atoms in total. The molecule has 0 amide bonds. The summed E-state index contributed by atoms with van der Waals surface area (Å²) in [6.45, 7) is 6.83. The molecule has 1 heterocycles. The summed E-state index contributed by atoms with van der Waals surface area (Å²) < 4.78 is 0. The predicted octanol–water partition coefficient (Wildman–Crippen LogP) is 3.38. The van der Waals surface area contributed by atoms with Crippen LogP contribution in [-0.2, 0) is 0 Å². The summed E-state index contributed by atoms with van der Waals surface area (Å²) in [7, 11) is 0. The maximum Gasteiger partial charge on any atom is 0.0558 e. The zero-order valence-electron chi connectivity index (χ0n) is 9.88. The Morgan fingerprint density at radius 2 is 2.27 bits per heavy atom. The van der Waals surface area contributed by atoms with E-state index in [1.54, 1.807) is 0 Å². The van der Waals surface area contributed by atoms with Gasteiger partial charge in [-0.3, -0.25) is 4.98 Å². The van der Waals surface area contributed by atoms with Gasteiger partial charge in [0.15, 0.2) is 0 Å². The Morgan fingerprint density at radius 1 is 1.47 bits per heavy atom. The predicted molar refractivity (Wildman–Crippen MR) is 64.0 cm³/mol. The smallest absolute Gasteiger partial charge is 0.0558 e. The van der Waals surface area contributed by atoms with Crippen molar-refractivity contribution >= 4 is 5.69 Å². The molecule has 0 aliphatic heterocycles. The third kappa shape index (κ3) is 2.14. The minimum absolute atomic E-state index is 0.419. The first-order chi connectivity index (χ1) is 7.09. The molecule has 0 spiro atoms. The van der Waals surface area contributed by atoms with Crippen LogP contribution in [0.5, 0.6) is 0 Å². The quantitative estimate of drug-likeness (QED) is 0.798. The fourth-order valence-electron chi connectivity index (χ4n) is 2.40. The van der Waals surface area contributed by atoms with Gasteiger partial charge in [-0.15, -0.1) is 0 Å². The summed E-state index contributed by atoms with van der Waals surface area (Å²) in [5.41, 5.74) is 2.90. The van der Waals surface area contributed by atoms with E-state index in [1.807, 2.05) is 12.4 Å². The van der Waals surface area contributed by atoms with Gasteiger partial charge in [0.1, 0.15) is 0 Å². The van der Waals surface area contributed by atoms with Gasteiger partial charge in [-0.25, -0.2) is 0 Å². The molecule has 1 aromatic rings. The Bertz CT molecular complexity index is 344. The summed E-state index contributed by atoms with van der Waals surface area (Å²) >= 11 is 0. The number of hydrogen-bond donors (Lipinski definition) is 1. The van der Waals surface area contributed by atoms with Crippen LogP contribution in [0.1, 0.15) is 38.7 Å². The van der Waals surface area contributed by atoms with Crippen molar-refractivity contribution in [1.82, 2.24) is 4.98 Å². The monoisotopic (exact) mass is 204 g/mol. The summed E-state index contributed by atoms with van der Waals surface area (Å²) in [6, 6.07) is 2.66. The lowest BCUT2D eigenvalue weighted by atomic mass is 9.87. The average Bonchev–Trinajstić information content (AvgIpc) is 2.50. The van der Waals surface area contributed by atoms with Gasteiger partial charge in [-0.2, -0.15) is 0 Å². The van der Waals surface area contributed by atoms with E-state index in [9.17, 15) is 0 Å². The van der Waals surface area contributed by atoms with E-state index in [4.69, 9.17) is 0 Å². The van der Waals surface area contributed by atoms with Crippen molar-refractivity contribution in [3.05, 3.63) is 24.0 Å². The second kappa shape index (κ2) is 3.84. The number of nitrogens with one attached hydrogen (secondary N) is 1. The van der Waals surface area contributed by atoms with Gasteiger partial charge in [-0.1, -0.05) is 20.3 Å². The van der Waals surface area contributed by atoms with Gasteiger partial charge in [0.05, 0.1) is 11.9 Å². The van der Waals surface area contributed by atoms with Gasteiger partial charge >= 0.3 is 0 Å². The minimum atomic E-state index is 0.419. The third-order valence-electron chi connectivity index (χ3n) is 3.63. The lowest BCUT2D eigenvalue weighted by Gasteiger charge is -2.29. The van der Waals surface area contributed by atoms with Crippen molar-refractivity contribution in [2.24, 2.45) is 5.41 Å². The average molecular weight is 204 g/mol. The molecule has 1 atom stereocenters. The van der Waals surface area contributed by atoms with E-state index >= 15 is 0 Å². The van der Waals surface area contributed by atoms with Crippen molar-refractivity contribution in [2.75, 3.05) is 5.32 Å². The number of aromatic nitrogens is 1. The van der Waals surface area contributed by atoms with Crippen LogP contribution in [0.2, 0.25) is 0 Å². The lowest BCUT2D eigenvalue weighted by Crippen LogP contribution is -2.31. The number of pyridine rings is 1. The summed E-state index contributed by atoms with van der Waals surface area (Å²) in [6.07, 6.45) is 7.72. The zero-order chi connectivity index (χ0) is 10.9. The summed E-state index contributed by atoms with van der Waals surface area (Å²) in [5.74, 6) is 0. The van der Waals surface area contributed by atoms with Gasteiger partial charge in [-0.05, 0) is 36.8 Å². The molecular weight excluding hydrogens is 184 g/mol. The molecule has 1 unspecified atom stereocenters. The highest BCUT2D eigenvalue weighted by Crippen LogP contribution is 2.39. The second-order valence-electron chi connectivity index (χ2n) is 5.27. The van der Waals surface area contributed by atoms with Gasteiger partial charge in [0.2, 0.25) is 0 Å². The van der Waals surface area contributed by atoms with E-state index in [0.29, 0.717) is 11.5 Å². The SMILES string of the molecule is Cc1ccncc1NC1CCCC1(C)C. The van der Waals surface area contributed by atoms with Crippen LogP contribution in [0, 0.1) is 12.3 Å². The molecule has 82 valence electrons. The van der Waals surface area contributed by atoms with Crippen molar-refractivity contribution in [3.8, 4) is 0 Å². The van der Waals surface area contributed by atoms with Crippen molar-refractivity contribution < 1.29 is 0 Å². The zero-order valence-corrected chi connectivity index (χ0v) is 9.88. The van der Waals surface area contributed by atoms with Crippen molar-refractivity contribution in [3.63, 3.8) is 0 Å². The fraction of sp³-hybridized carbons (Fsp3) is 0.615. The van der Waals surface area contributed by atoms with Gasteiger partial charge in [0.25, 0.3) is 0 Å². The molecule has 0 aromatic carbocycles. The van der Waals surface area contributed by atoms with E-state index in [0.717, 1.165) is 0 Å². The first-order valence-electron chi connectivity index (χ1n) is 5.77. The number of rotatable bonds is 2. The standard InChI is InChI=1S/C13H20N2/c1-10-6-8-14-9-11(10)15-12-5-4-7-13(12,2)3/h6,8-9,12,15H,4-5,7H2,1-3H3. The van der Waals surface area contributed by atoms with Crippen molar-refractivity contribution in [2.45, 2.75) is 46.1 Å². The Hall–Kier alpha value is -1.05. The van der Waals surface area contributed by atoms with Crippen LogP contribution >= 0.6 is 0 Å². The highest BCUT2D eigenvalue weighted by atomic mass is 15.0. The lowest BCUT2D eigenvalue weighted by molar-refractivity contribution is 0.350. The number of nitrogens with zero attached hydrogens (tertiary/aromatic N) is 1. The second-order valence-corrected chi connectivity index (χ2v) is 5.27. The van der Waals surface area contributed by atoms with Crippen LogP contribution in [-0.4, -0.2) is 11.0 Å². The first kappa shape index (κ1) is 10.5. The molecular formula is C13H20N2. The minimum Gasteiger partial charge on any atom is -0.380 e. The van der Waals surface area contributed by atoms with Gasteiger partial charge in [0, 0.05) is 12.2 Å². The Labute approximate surface area is 92.1 Å². The molecule has 0 bridgehead atoms. The number of aryl methyl sites for hydroxylation is 1. The number of anilines is 1. The molecule has 0 saturated heterocycles. The van der Waals surface area contributed by atoms with E-state index < -0.39 is 0 Å². The highest BCUT2D eigenvalue weighted by molar-refractivity contribution is 5.49. The first-order valence-corrected chi connectivity index (χ1v) is 5.77. The molecule has 1 aromatic heterocycles. The third-order valence-corrected chi connectivity index (χ3v) is 3.63. The summed E-state index contributed by atoms with van der Waals surface area (Å²) in [5, 5.41) is 3.64. The van der Waals surface area contributed by atoms with Crippen molar-refractivity contribution in [1.29, 1.82) is 0 Å². The molecule has 1 N–H and O–H groups in total. The maximum atomic E-state index is 4.17. The van der Waals surface area contributed by atoms with Crippen LogP contribution in [0.25, 0.3) is 0 Å². The normalized spacial score (nSPS) is 24.1. The Morgan fingerprint density at radius 3 is 2.87 bits per heavy atom. The van der Waals surface area contributed by atoms with Gasteiger partial charge < -0.3 is 5.32 Å². The highest BCUT2D eigenvalue weighted by Gasteiger charge is 2.34. The van der Waals surface area contributed by atoms with Crippen LogP contribution in [0.15, 0.2) is 18.5 Å². The fourth-order valence-corrected chi connectivity index (χ4v) is 2.40. The largest absolute Gasteiger partial charge is 0.380 e. The molecule has 2 heteroatoms. The van der Waals surface area contributed by atoms with Crippen LogP contribution in [0.3, 0.4) is 0 Å². The van der Waals surface area contributed by atoms with E-state index in [-0.39, 0.29) is 0 Å². The van der Waals surface area contributed by atoms with Crippen LogP contribution < -0.4 is 5.32 Å². The van der Waals surface area contributed by atoms with E-state index in [2.05, 4.69) is 37.1 Å². The Balaban J connectivity index is 2.12. The molecule has 1 aliphatic carbocycles. The molecule has 2 rings (SSSR count). The molecule has 0 radical (unpaired) electrons. The molecule has 1 aliphatic rings. The topological polar surface area (TPSA) is 24.9 Å². The van der Waals surface area contributed by atoms with Crippen LogP contribution in [0.4, 0.5) is 5.69 Å². The number of hydrogen-bond acceptors (Lipinski definition) is 2. The molecule has 1 saturated carbocycles. The molecule has 1 fully saturated rings. The van der Waals surface area contributed by atoms with E-state index in [1.165, 1.54) is 30.5 Å². The Kier molecular flexibility index (Phi) is 2.68. The molecule has 15 heavy (non-hydrogen) atoms. The maximum absolute atomic E-state index is 4.17.